The molecule has 6 heteroatoms. The second kappa shape index (κ2) is 7.25. The molecule has 1 fully saturated rings. The van der Waals surface area contributed by atoms with Gasteiger partial charge in [0.15, 0.2) is 0 Å². The average Bonchev–Trinajstić information content (AvgIpc) is 3.38. The molecule has 1 aromatic carbocycles. The third kappa shape index (κ3) is 3.75. The molecule has 1 aliphatic rings. The van der Waals surface area contributed by atoms with Gasteiger partial charge in [0.25, 0.3) is 0 Å². The molecule has 0 unspecified atom stereocenters. The predicted octanol–water partition coefficient (Wildman–Crippen LogP) is 3.48. The summed E-state index contributed by atoms with van der Waals surface area (Å²) in [5, 5.41) is 9.33. The largest absolute Gasteiger partial charge is 0.493 e. The number of hydrogen-bond donors (Lipinski definition) is 2. The van der Waals surface area contributed by atoms with Crippen LogP contribution in [-0.4, -0.2) is 26.7 Å². The lowest BCUT2D eigenvalue weighted by Gasteiger charge is -2.12. The van der Waals surface area contributed by atoms with E-state index in [9.17, 15) is 9.50 Å². The number of ether oxygens (including phenoxy) is 1. The molecule has 2 aromatic heterocycles. The summed E-state index contributed by atoms with van der Waals surface area (Å²) in [4.78, 5) is 11.9. The van der Waals surface area contributed by atoms with Crippen molar-refractivity contribution in [3.8, 4) is 17.1 Å². The number of nitrogens with zero attached hydrogens (tertiary/aromatic N) is 2. The van der Waals surface area contributed by atoms with Crippen molar-refractivity contribution in [3.05, 3.63) is 65.5 Å². The normalized spacial score (nSPS) is 13.8. The zero-order chi connectivity index (χ0) is 17.9. The van der Waals surface area contributed by atoms with Crippen molar-refractivity contribution in [1.82, 2.24) is 15.0 Å². The first-order chi connectivity index (χ1) is 12.7. The molecule has 2 heterocycles. The van der Waals surface area contributed by atoms with E-state index >= 15 is 0 Å². The minimum atomic E-state index is -0.304. The summed E-state index contributed by atoms with van der Waals surface area (Å²) in [6, 6.07) is 8.21. The standard InChI is InChI=1S/C20H20FN3O2/c21-16-4-3-15(19(9-16)26-11-13-1-2-13)8-18-20(24-12-23-18)17-7-14(10-25)5-6-22-17/h3-7,9,12-13,25H,1-2,8,10-11H2,(H,23,24). The molecule has 1 aliphatic carbocycles. The van der Waals surface area contributed by atoms with E-state index in [1.807, 2.05) is 6.07 Å². The topological polar surface area (TPSA) is 71.0 Å². The Morgan fingerprint density at radius 2 is 2.08 bits per heavy atom. The molecule has 0 amide bonds. The van der Waals surface area contributed by atoms with E-state index in [0.29, 0.717) is 30.4 Å². The van der Waals surface area contributed by atoms with Crippen molar-refractivity contribution >= 4 is 0 Å². The highest BCUT2D eigenvalue weighted by Crippen LogP contribution is 2.32. The summed E-state index contributed by atoms with van der Waals surface area (Å²) < 4.78 is 19.5. The molecule has 0 radical (unpaired) electrons. The zero-order valence-electron chi connectivity index (χ0n) is 14.3. The second-order valence-electron chi connectivity index (χ2n) is 6.62. The average molecular weight is 353 g/mol. The number of nitrogens with one attached hydrogen (secondary N) is 1. The van der Waals surface area contributed by atoms with Gasteiger partial charge in [-0.2, -0.15) is 0 Å². The fourth-order valence-electron chi connectivity index (χ4n) is 2.87. The number of imidazole rings is 1. The van der Waals surface area contributed by atoms with Crippen molar-refractivity contribution in [2.45, 2.75) is 25.9 Å². The maximum absolute atomic E-state index is 13.7. The lowest BCUT2D eigenvalue weighted by molar-refractivity contribution is 0.282. The number of aliphatic hydroxyl groups excluding tert-OH is 1. The number of aliphatic hydroxyl groups is 1. The fraction of sp³-hybridized carbons (Fsp3) is 0.300. The van der Waals surface area contributed by atoms with Crippen LogP contribution in [0.4, 0.5) is 4.39 Å². The first-order valence-corrected chi connectivity index (χ1v) is 8.72. The summed E-state index contributed by atoms with van der Waals surface area (Å²) in [5.74, 6) is 0.871. The molecule has 1 saturated carbocycles. The first kappa shape index (κ1) is 16.7. The Balaban J connectivity index is 1.61. The van der Waals surface area contributed by atoms with Gasteiger partial charge in [-0.1, -0.05) is 6.07 Å². The summed E-state index contributed by atoms with van der Waals surface area (Å²) >= 11 is 0. The summed E-state index contributed by atoms with van der Waals surface area (Å²) in [5.41, 5.74) is 3.96. The van der Waals surface area contributed by atoms with Crippen LogP contribution < -0.4 is 4.74 Å². The highest BCUT2D eigenvalue weighted by atomic mass is 19.1. The molecule has 134 valence electrons. The van der Waals surface area contributed by atoms with Crippen LogP contribution >= 0.6 is 0 Å². The van der Waals surface area contributed by atoms with Gasteiger partial charge in [-0.3, -0.25) is 4.98 Å². The van der Waals surface area contributed by atoms with Crippen LogP contribution in [0.3, 0.4) is 0 Å². The van der Waals surface area contributed by atoms with Gasteiger partial charge < -0.3 is 14.8 Å². The van der Waals surface area contributed by atoms with Crippen LogP contribution in [0, 0.1) is 11.7 Å². The highest BCUT2D eigenvalue weighted by Gasteiger charge is 2.23. The predicted molar refractivity (Wildman–Crippen MR) is 95.2 cm³/mol. The Kier molecular flexibility index (Phi) is 4.67. The van der Waals surface area contributed by atoms with Crippen molar-refractivity contribution in [1.29, 1.82) is 0 Å². The second-order valence-corrected chi connectivity index (χ2v) is 6.62. The van der Waals surface area contributed by atoms with Crippen LogP contribution in [0.15, 0.2) is 42.9 Å². The van der Waals surface area contributed by atoms with Gasteiger partial charge in [-0.15, -0.1) is 0 Å². The Hall–Kier alpha value is -2.73. The van der Waals surface area contributed by atoms with Crippen LogP contribution in [0.5, 0.6) is 5.75 Å². The lowest BCUT2D eigenvalue weighted by Crippen LogP contribution is -2.03. The van der Waals surface area contributed by atoms with Crippen molar-refractivity contribution in [2.75, 3.05) is 6.61 Å². The van der Waals surface area contributed by atoms with E-state index in [1.165, 1.54) is 25.0 Å². The van der Waals surface area contributed by atoms with Crippen molar-refractivity contribution in [2.24, 2.45) is 5.92 Å². The maximum atomic E-state index is 13.7. The number of rotatable bonds is 7. The van der Waals surface area contributed by atoms with Crippen LogP contribution in [-0.2, 0) is 13.0 Å². The molecule has 0 saturated heterocycles. The SMILES string of the molecule is OCc1ccnc(-c2nc[nH]c2Cc2ccc(F)cc2OCC2CC2)c1. The lowest BCUT2D eigenvalue weighted by atomic mass is 10.1. The monoisotopic (exact) mass is 353 g/mol. The molecule has 0 aliphatic heterocycles. The first-order valence-electron chi connectivity index (χ1n) is 8.72. The van der Waals surface area contributed by atoms with Crippen LogP contribution in [0.2, 0.25) is 0 Å². The summed E-state index contributed by atoms with van der Waals surface area (Å²) in [7, 11) is 0. The van der Waals surface area contributed by atoms with Gasteiger partial charge in [-0.05, 0) is 42.5 Å². The van der Waals surface area contributed by atoms with Gasteiger partial charge >= 0.3 is 0 Å². The Bertz CT molecular complexity index is 906. The molecule has 5 nitrogen and oxygen atoms in total. The number of aromatic nitrogens is 3. The molecule has 2 N–H and O–H groups in total. The molecule has 0 bridgehead atoms. The van der Waals surface area contributed by atoms with Gasteiger partial charge in [0.05, 0.1) is 25.2 Å². The highest BCUT2D eigenvalue weighted by molar-refractivity contribution is 5.59. The molecule has 4 rings (SSSR count). The smallest absolute Gasteiger partial charge is 0.126 e. The van der Waals surface area contributed by atoms with E-state index in [0.717, 1.165) is 22.5 Å². The van der Waals surface area contributed by atoms with E-state index < -0.39 is 0 Å². The number of H-pyrrole nitrogens is 1. The number of pyridine rings is 1. The van der Waals surface area contributed by atoms with E-state index in [2.05, 4.69) is 15.0 Å². The minimum absolute atomic E-state index is 0.0492. The number of benzene rings is 1. The van der Waals surface area contributed by atoms with Gasteiger partial charge in [-0.25, -0.2) is 9.37 Å². The van der Waals surface area contributed by atoms with E-state index in [4.69, 9.17) is 4.74 Å². The molecule has 26 heavy (non-hydrogen) atoms. The van der Waals surface area contributed by atoms with Gasteiger partial charge in [0.1, 0.15) is 17.3 Å². The summed E-state index contributed by atoms with van der Waals surface area (Å²) in [6.07, 6.45) is 6.17. The number of halogens is 1. The zero-order valence-corrected chi connectivity index (χ0v) is 14.3. The minimum Gasteiger partial charge on any atom is -0.493 e. The molecule has 3 aromatic rings. The number of hydrogen-bond acceptors (Lipinski definition) is 4. The maximum Gasteiger partial charge on any atom is 0.126 e. The third-order valence-electron chi connectivity index (χ3n) is 4.54. The molecule has 0 atom stereocenters. The van der Waals surface area contributed by atoms with E-state index in [-0.39, 0.29) is 12.4 Å². The van der Waals surface area contributed by atoms with E-state index in [1.54, 1.807) is 24.7 Å². The van der Waals surface area contributed by atoms with Crippen LogP contribution in [0.25, 0.3) is 11.4 Å². The number of aromatic amines is 1. The molecule has 0 spiro atoms. The quantitative estimate of drug-likeness (QED) is 0.682. The molecular formula is C20H20FN3O2. The fourth-order valence-corrected chi connectivity index (χ4v) is 2.87. The van der Waals surface area contributed by atoms with Gasteiger partial charge in [0, 0.05) is 29.9 Å². The third-order valence-corrected chi connectivity index (χ3v) is 4.54. The molecular weight excluding hydrogens is 333 g/mol. The van der Waals surface area contributed by atoms with Crippen molar-refractivity contribution in [3.63, 3.8) is 0 Å². The van der Waals surface area contributed by atoms with Crippen LogP contribution in [0.1, 0.15) is 29.7 Å². The Labute approximate surface area is 150 Å². The summed E-state index contributed by atoms with van der Waals surface area (Å²) in [6.45, 7) is 0.582. The van der Waals surface area contributed by atoms with Crippen molar-refractivity contribution < 1.29 is 14.2 Å². The van der Waals surface area contributed by atoms with Gasteiger partial charge in [0.2, 0.25) is 0 Å². The Morgan fingerprint density at radius 3 is 2.88 bits per heavy atom. The Morgan fingerprint density at radius 1 is 1.19 bits per heavy atom.